The van der Waals surface area contributed by atoms with Crippen molar-refractivity contribution >= 4 is 5.97 Å². The lowest BCUT2D eigenvalue weighted by molar-refractivity contribution is -0.222. The molecule has 0 aromatic rings. The Bertz CT molecular complexity index is 147. The van der Waals surface area contributed by atoms with Crippen molar-refractivity contribution < 1.29 is 19.0 Å². The zero-order valence-corrected chi connectivity index (χ0v) is 8.70. The minimum absolute atomic E-state index is 0.238. The Balaban J connectivity index is 3.60. The van der Waals surface area contributed by atoms with Crippen LogP contribution < -0.4 is 0 Å². The number of carbonyl (C=O) groups excluding carboxylic acids is 1. The Morgan fingerprint density at radius 3 is 2.38 bits per heavy atom. The smallest absolute Gasteiger partial charge is 0.308 e. The third kappa shape index (κ3) is 6.54. The average molecular weight is 190 g/mol. The van der Waals surface area contributed by atoms with Crippen LogP contribution in [0.5, 0.6) is 0 Å². The molecule has 13 heavy (non-hydrogen) atoms. The molecule has 4 heteroatoms. The van der Waals surface area contributed by atoms with Gasteiger partial charge in [0.25, 0.3) is 0 Å². The molecule has 78 valence electrons. The Morgan fingerprint density at radius 1 is 1.31 bits per heavy atom. The molecule has 0 aromatic carbocycles. The molecule has 2 atom stereocenters. The van der Waals surface area contributed by atoms with E-state index in [0.29, 0.717) is 6.42 Å². The van der Waals surface area contributed by atoms with E-state index in [9.17, 15) is 4.79 Å². The van der Waals surface area contributed by atoms with E-state index in [1.54, 1.807) is 13.8 Å². The lowest BCUT2D eigenvalue weighted by Crippen LogP contribution is -2.23. The fourth-order valence-electron chi connectivity index (χ4n) is 0.801. The van der Waals surface area contributed by atoms with Crippen LogP contribution in [-0.2, 0) is 19.0 Å². The minimum atomic E-state index is -0.547. The molecule has 0 amide bonds. The molecule has 0 rings (SSSR count). The SMILES string of the molecule is CCCC(=O)OC(C)OC(C)OC. The molecule has 0 bridgehead atoms. The maximum Gasteiger partial charge on any atom is 0.308 e. The van der Waals surface area contributed by atoms with Crippen molar-refractivity contribution in [2.24, 2.45) is 0 Å². The number of hydrogen-bond acceptors (Lipinski definition) is 4. The lowest BCUT2D eigenvalue weighted by Gasteiger charge is -2.17. The Kier molecular flexibility index (Phi) is 6.54. The van der Waals surface area contributed by atoms with Crippen molar-refractivity contribution in [3.8, 4) is 0 Å². The van der Waals surface area contributed by atoms with E-state index in [4.69, 9.17) is 14.2 Å². The molecular formula is C9H18O4. The van der Waals surface area contributed by atoms with E-state index in [1.165, 1.54) is 7.11 Å². The number of hydrogen-bond donors (Lipinski definition) is 0. The second kappa shape index (κ2) is 6.86. The molecule has 4 nitrogen and oxygen atoms in total. The molecule has 0 heterocycles. The lowest BCUT2D eigenvalue weighted by atomic mass is 10.3. The summed E-state index contributed by atoms with van der Waals surface area (Å²) >= 11 is 0. The summed E-state index contributed by atoms with van der Waals surface area (Å²) in [6, 6.07) is 0. The van der Waals surface area contributed by atoms with Gasteiger partial charge in [-0.15, -0.1) is 0 Å². The van der Waals surface area contributed by atoms with E-state index in [-0.39, 0.29) is 12.3 Å². The summed E-state index contributed by atoms with van der Waals surface area (Å²) in [7, 11) is 1.53. The molecule has 0 aromatic heterocycles. The average Bonchev–Trinajstić information content (AvgIpc) is 2.04. The predicted molar refractivity (Wildman–Crippen MR) is 48.0 cm³/mol. The first-order valence-electron chi connectivity index (χ1n) is 4.47. The first kappa shape index (κ1) is 12.4. The number of ether oxygens (including phenoxy) is 3. The predicted octanol–water partition coefficient (Wildman–Crippen LogP) is 1.68. The molecule has 0 fully saturated rings. The van der Waals surface area contributed by atoms with Gasteiger partial charge in [0.05, 0.1) is 0 Å². The van der Waals surface area contributed by atoms with Gasteiger partial charge >= 0.3 is 5.97 Å². The van der Waals surface area contributed by atoms with Crippen LogP contribution in [0.1, 0.15) is 33.6 Å². The first-order valence-corrected chi connectivity index (χ1v) is 4.47. The van der Waals surface area contributed by atoms with Crippen LogP contribution in [0, 0.1) is 0 Å². The van der Waals surface area contributed by atoms with Crippen molar-refractivity contribution in [3.05, 3.63) is 0 Å². The first-order chi connectivity index (χ1) is 6.10. The van der Waals surface area contributed by atoms with E-state index >= 15 is 0 Å². The molecular weight excluding hydrogens is 172 g/mol. The standard InChI is InChI=1S/C9H18O4/c1-5-6-9(10)13-8(3)12-7(2)11-4/h7-8H,5-6H2,1-4H3. The second-order valence-electron chi connectivity index (χ2n) is 2.75. The van der Waals surface area contributed by atoms with Gasteiger partial charge in [0.15, 0.2) is 6.29 Å². The highest BCUT2D eigenvalue weighted by Crippen LogP contribution is 2.02. The summed E-state index contributed by atoms with van der Waals surface area (Å²) in [4.78, 5) is 11.0. The molecule has 0 radical (unpaired) electrons. The van der Waals surface area contributed by atoms with Crippen molar-refractivity contribution in [2.75, 3.05) is 7.11 Å². The van der Waals surface area contributed by atoms with Crippen LogP contribution in [0.4, 0.5) is 0 Å². The van der Waals surface area contributed by atoms with Gasteiger partial charge in [-0.2, -0.15) is 0 Å². The third-order valence-corrected chi connectivity index (χ3v) is 1.47. The van der Waals surface area contributed by atoms with Gasteiger partial charge in [-0.1, -0.05) is 6.92 Å². The number of methoxy groups -OCH3 is 1. The molecule has 0 N–H and O–H groups in total. The zero-order chi connectivity index (χ0) is 10.3. The molecule has 0 saturated carbocycles. The van der Waals surface area contributed by atoms with Crippen LogP contribution in [0.3, 0.4) is 0 Å². The van der Waals surface area contributed by atoms with Gasteiger partial charge in [-0.05, 0) is 20.3 Å². The Hall–Kier alpha value is -0.610. The number of rotatable bonds is 6. The summed E-state index contributed by atoms with van der Waals surface area (Å²) in [6.07, 6.45) is 0.305. The highest BCUT2D eigenvalue weighted by atomic mass is 16.8. The van der Waals surface area contributed by atoms with E-state index in [0.717, 1.165) is 6.42 Å². The van der Waals surface area contributed by atoms with E-state index in [1.807, 2.05) is 6.92 Å². The summed E-state index contributed by atoms with van der Waals surface area (Å²) < 4.78 is 14.9. The third-order valence-electron chi connectivity index (χ3n) is 1.47. The van der Waals surface area contributed by atoms with Crippen LogP contribution in [-0.4, -0.2) is 25.7 Å². The fourth-order valence-corrected chi connectivity index (χ4v) is 0.801. The fraction of sp³-hybridized carbons (Fsp3) is 0.889. The van der Waals surface area contributed by atoms with Gasteiger partial charge < -0.3 is 14.2 Å². The topological polar surface area (TPSA) is 44.8 Å². The molecule has 0 aliphatic rings. The highest BCUT2D eigenvalue weighted by Gasteiger charge is 2.11. The molecule has 2 unspecified atom stereocenters. The maximum absolute atomic E-state index is 11.0. The Morgan fingerprint density at radius 2 is 1.92 bits per heavy atom. The van der Waals surface area contributed by atoms with Crippen LogP contribution in [0.25, 0.3) is 0 Å². The van der Waals surface area contributed by atoms with Gasteiger partial charge in [0.1, 0.15) is 0 Å². The minimum Gasteiger partial charge on any atom is -0.436 e. The molecule has 0 aliphatic heterocycles. The van der Waals surface area contributed by atoms with Gasteiger partial charge in [0, 0.05) is 13.5 Å². The van der Waals surface area contributed by atoms with Crippen molar-refractivity contribution in [1.29, 1.82) is 0 Å². The molecule has 0 saturated heterocycles. The van der Waals surface area contributed by atoms with Gasteiger partial charge in [-0.3, -0.25) is 4.79 Å². The Labute approximate surface area is 79.2 Å². The summed E-state index contributed by atoms with van der Waals surface area (Å²) in [5.41, 5.74) is 0. The summed E-state index contributed by atoms with van der Waals surface area (Å²) in [5, 5.41) is 0. The highest BCUT2D eigenvalue weighted by molar-refractivity contribution is 5.69. The van der Waals surface area contributed by atoms with E-state index < -0.39 is 6.29 Å². The quantitative estimate of drug-likeness (QED) is 0.472. The summed E-state index contributed by atoms with van der Waals surface area (Å²) in [5.74, 6) is -0.238. The van der Waals surface area contributed by atoms with Crippen molar-refractivity contribution in [1.82, 2.24) is 0 Å². The second-order valence-corrected chi connectivity index (χ2v) is 2.75. The van der Waals surface area contributed by atoms with Crippen LogP contribution >= 0.6 is 0 Å². The number of carbonyl (C=O) groups is 1. The molecule has 0 spiro atoms. The normalized spacial score (nSPS) is 15.1. The van der Waals surface area contributed by atoms with Crippen LogP contribution in [0.2, 0.25) is 0 Å². The monoisotopic (exact) mass is 190 g/mol. The van der Waals surface area contributed by atoms with Crippen LogP contribution in [0.15, 0.2) is 0 Å². The van der Waals surface area contributed by atoms with Gasteiger partial charge in [-0.25, -0.2) is 0 Å². The maximum atomic E-state index is 11.0. The van der Waals surface area contributed by atoms with Crippen molar-refractivity contribution in [3.63, 3.8) is 0 Å². The summed E-state index contributed by atoms with van der Waals surface area (Å²) in [6.45, 7) is 5.33. The van der Waals surface area contributed by atoms with Crippen molar-refractivity contribution in [2.45, 2.75) is 46.2 Å². The largest absolute Gasteiger partial charge is 0.436 e. The molecule has 0 aliphatic carbocycles. The van der Waals surface area contributed by atoms with E-state index in [2.05, 4.69) is 0 Å². The zero-order valence-electron chi connectivity index (χ0n) is 8.70. The number of esters is 1. The van der Waals surface area contributed by atoms with Gasteiger partial charge in [0.2, 0.25) is 6.29 Å².